The molecule has 0 bridgehead atoms. The molecule has 0 aliphatic carbocycles. The topological polar surface area (TPSA) is 35.5 Å². The summed E-state index contributed by atoms with van der Waals surface area (Å²) in [6.07, 6.45) is 5.76. The quantitative estimate of drug-likeness (QED) is 0.495. The molecule has 0 radical (unpaired) electrons. The third kappa shape index (κ3) is 4.52. The number of hydrogen-bond donors (Lipinski definition) is 0. The van der Waals surface area contributed by atoms with E-state index in [4.69, 9.17) is 9.47 Å². The highest BCUT2D eigenvalue weighted by molar-refractivity contribution is 5.76. The highest BCUT2D eigenvalue weighted by Crippen LogP contribution is 2.23. The number of carbonyl (C=O) groups is 1. The molecule has 0 aromatic heterocycles. The number of rotatable bonds is 7. The molecule has 1 saturated heterocycles. The van der Waals surface area contributed by atoms with Crippen molar-refractivity contribution in [2.75, 3.05) is 0 Å². The average Bonchev–Trinajstić information content (AvgIpc) is 2.54. The average molecular weight is 228 g/mol. The lowest BCUT2D eigenvalue weighted by Gasteiger charge is -2.10. The summed E-state index contributed by atoms with van der Waals surface area (Å²) in [7, 11) is 0. The second kappa shape index (κ2) is 6.89. The van der Waals surface area contributed by atoms with Crippen LogP contribution >= 0.6 is 0 Å². The van der Waals surface area contributed by atoms with Crippen LogP contribution in [0.5, 0.6) is 0 Å². The van der Waals surface area contributed by atoms with Gasteiger partial charge in [0.05, 0.1) is 0 Å². The molecule has 0 N–H and O–H groups in total. The van der Waals surface area contributed by atoms with Gasteiger partial charge < -0.3 is 9.47 Å². The van der Waals surface area contributed by atoms with E-state index in [1.807, 2.05) is 0 Å². The van der Waals surface area contributed by atoms with Crippen LogP contribution in [0, 0.1) is 5.92 Å². The summed E-state index contributed by atoms with van der Waals surface area (Å²) in [6, 6.07) is 0. The number of esters is 1. The molecule has 0 aromatic carbocycles. The molecule has 1 heterocycles. The molecule has 16 heavy (non-hydrogen) atoms. The van der Waals surface area contributed by atoms with Gasteiger partial charge in [0, 0.05) is 6.42 Å². The molecule has 0 saturated carbocycles. The zero-order valence-electron chi connectivity index (χ0n) is 10.7. The third-order valence-electron chi connectivity index (χ3n) is 2.81. The Labute approximate surface area is 98.5 Å². The second-order valence-electron chi connectivity index (χ2n) is 4.97. The van der Waals surface area contributed by atoms with Gasteiger partial charge >= 0.3 is 5.97 Å². The van der Waals surface area contributed by atoms with Crippen LogP contribution in [-0.2, 0) is 14.3 Å². The number of hydrogen-bond acceptors (Lipinski definition) is 3. The fourth-order valence-corrected chi connectivity index (χ4v) is 1.92. The molecule has 3 heteroatoms. The molecule has 2 atom stereocenters. The van der Waals surface area contributed by atoms with Crippen LogP contribution in [0.2, 0.25) is 0 Å². The number of carbonyl (C=O) groups excluding carboxylic acids is 1. The van der Waals surface area contributed by atoms with Crippen molar-refractivity contribution in [1.29, 1.82) is 0 Å². The summed E-state index contributed by atoms with van der Waals surface area (Å²) in [5, 5.41) is 0. The third-order valence-corrected chi connectivity index (χ3v) is 2.81. The molecule has 1 aliphatic rings. The van der Waals surface area contributed by atoms with E-state index in [-0.39, 0.29) is 18.4 Å². The van der Waals surface area contributed by atoms with Gasteiger partial charge in [-0.1, -0.05) is 40.0 Å². The molecule has 3 nitrogen and oxygen atoms in total. The van der Waals surface area contributed by atoms with Crippen molar-refractivity contribution in [3.8, 4) is 0 Å². The lowest BCUT2D eigenvalue weighted by molar-refractivity contribution is -0.144. The number of ether oxygens (including phenoxy) is 2. The first-order valence-electron chi connectivity index (χ1n) is 6.49. The molecule has 2 unspecified atom stereocenters. The highest BCUT2D eigenvalue weighted by atomic mass is 16.7. The summed E-state index contributed by atoms with van der Waals surface area (Å²) < 4.78 is 10.8. The van der Waals surface area contributed by atoms with Crippen molar-refractivity contribution in [2.45, 2.75) is 71.7 Å². The molecule has 0 aromatic rings. The van der Waals surface area contributed by atoms with Gasteiger partial charge in [-0.15, -0.1) is 0 Å². The van der Waals surface area contributed by atoms with Crippen molar-refractivity contribution >= 4 is 5.97 Å². The van der Waals surface area contributed by atoms with Crippen LogP contribution in [0.1, 0.15) is 59.3 Å². The minimum absolute atomic E-state index is 0.172. The molecule has 1 aliphatic heterocycles. The van der Waals surface area contributed by atoms with Gasteiger partial charge in [-0.2, -0.15) is 0 Å². The van der Waals surface area contributed by atoms with Crippen LogP contribution in [0.4, 0.5) is 0 Å². The van der Waals surface area contributed by atoms with Gasteiger partial charge in [-0.3, -0.25) is 0 Å². The maximum atomic E-state index is 11.5. The summed E-state index contributed by atoms with van der Waals surface area (Å²) in [5.41, 5.74) is 0. The zero-order chi connectivity index (χ0) is 12.0. The Morgan fingerprint density at radius 3 is 2.62 bits per heavy atom. The number of unbranched alkanes of at least 4 members (excludes halogenated alkanes) is 3. The lowest BCUT2D eigenvalue weighted by atomic mass is 10.1. The number of cyclic esters (lactones) is 1. The van der Waals surface area contributed by atoms with Gasteiger partial charge in [0.15, 0.2) is 6.10 Å². The van der Waals surface area contributed by atoms with E-state index >= 15 is 0 Å². The van der Waals surface area contributed by atoms with Gasteiger partial charge in [0.25, 0.3) is 0 Å². The fourth-order valence-electron chi connectivity index (χ4n) is 1.92. The van der Waals surface area contributed by atoms with E-state index in [9.17, 15) is 4.79 Å². The Morgan fingerprint density at radius 2 is 2.00 bits per heavy atom. The van der Waals surface area contributed by atoms with E-state index in [1.54, 1.807) is 0 Å². The van der Waals surface area contributed by atoms with Gasteiger partial charge in [0.1, 0.15) is 0 Å². The summed E-state index contributed by atoms with van der Waals surface area (Å²) in [6.45, 7) is 6.36. The molecule has 0 amide bonds. The maximum Gasteiger partial charge on any atom is 0.337 e. The van der Waals surface area contributed by atoms with E-state index in [2.05, 4.69) is 20.8 Å². The predicted molar refractivity (Wildman–Crippen MR) is 63.0 cm³/mol. The monoisotopic (exact) mass is 228 g/mol. The molecule has 94 valence electrons. The minimum Gasteiger partial charge on any atom is -0.434 e. The molecular formula is C13H24O3. The van der Waals surface area contributed by atoms with Crippen molar-refractivity contribution in [3.05, 3.63) is 0 Å². The first-order chi connectivity index (χ1) is 7.63. The second-order valence-corrected chi connectivity index (χ2v) is 4.97. The fraction of sp³-hybridized carbons (Fsp3) is 0.923. The van der Waals surface area contributed by atoms with Gasteiger partial charge in [0.2, 0.25) is 6.29 Å². The smallest absolute Gasteiger partial charge is 0.337 e. The Hall–Kier alpha value is -0.570. The van der Waals surface area contributed by atoms with E-state index in [1.165, 1.54) is 19.3 Å². The predicted octanol–water partition coefficient (Wildman–Crippen LogP) is 3.27. The van der Waals surface area contributed by atoms with E-state index < -0.39 is 0 Å². The Balaban J connectivity index is 2.19. The first kappa shape index (κ1) is 13.5. The maximum absolute atomic E-state index is 11.5. The summed E-state index contributed by atoms with van der Waals surface area (Å²) >= 11 is 0. The summed E-state index contributed by atoms with van der Waals surface area (Å²) in [4.78, 5) is 11.5. The van der Waals surface area contributed by atoms with Crippen LogP contribution in [0.3, 0.4) is 0 Å². The largest absolute Gasteiger partial charge is 0.434 e. The van der Waals surface area contributed by atoms with Crippen molar-refractivity contribution in [1.82, 2.24) is 0 Å². The lowest BCUT2D eigenvalue weighted by Crippen LogP contribution is -2.18. The molecular weight excluding hydrogens is 204 g/mol. The first-order valence-corrected chi connectivity index (χ1v) is 6.49. The Morgan fingerprint density at radius 1 is 1.25 bits per heavy atom. The molecule has 0 spiro atoms. The Bertz CT molecular complexity index is 213. The van der Waals surface area contributed by atoms with Crippen molar-refractivity contribution in [3.63, 3.8) is 0 Å². The molecule has 1 fully saturated rings. The van der Waals surface area contributed by atoms with Gasteiger partial charge in [-0.05, 0) is 18.8 Å². The van der Waals surface area contributed by atoms with Crippen LogP contribution in [0.15, 0.2) is 0 Å². The SMILES string of the molecule is CCCCCCC1OC(=O)C(CC(C)C)O1. The van der Waals surface area contributed by atoms with Crippen LogP contribution in [-0.4, -0.2) is 18.4 Å². The van der Waals surface area contributed by atoms with Gasteiger partial charge in [-0.25, -0.2) is 4.79 Å². The standard InChI is InChI=1S/C13H24O3/c1-4-5-6-7-8-12-15-11(9-10(2)3)13(14)16-12/h10-12H,4-9H2,1-3H3. The van der Waals surface area contributed by atoms with Crippen molar-refractivity contribution < 1.29 is 14.3 Å². The van der Waals surface area contributed by atoms with E-state index in [0.717, 1.165) is 19.3 Å². The Kier molecular flexibility index (Phi) is 5.81. The minimum atomic E-state index is -0.323. The van der Waals surface area contributed by atoms with E-state index in [0.29, 0.717) is 5.92 Å². The van der Waals surface area contributed by atoms with Crippen molar-refractivity contribution in [2.24, 2.45) is 5.92 Å². The summed E-state index contributed by atoms with van der Waals surface area (Å²) in [5.74, 6) is 0.297. The molecule has 1 rings (SSSR count). The normalized spacial score (nSPS) is 25.1. The zero-order valence-corrected chi connectivity index (χ0v) is 10.7. The van der Waals surface area contributed by atoms with Crippen LogP contribution < -0.4 is 0 Å². The highest BCUT2D eigenvalue weighted by Gasteiger charge is 2.34. The van der Waals surface area contributed by atoms with Crippen LogP contribution in [0.25, 0.3) is 0 Å².